The number of ether oxygens (including phenoxy) is 2. The number of ketones is 1. The van der Waals surface area contributed by atoms with Gasteiger partial charge in [0.2, 0.25) is 0 Å². The molecule has 2 rings (SSSR count). The van der Waals surface area contributed by atoms with E-state index < -0.39 is 0 Å². The molecular weight excluding hydrogens is 398 g/mol. The summed E-state index contributed by atoms with van der Waals surface area (Å²) >= 11 is 3.42. The summed E-state index contributed by atoms with van der Waals surface area (Å²) in [5.41, 5.74) is 1.36. The van der Waals surface area contributed by atoms with Crippen molar-refractivity contribution in [2.75, 3.05) is 27.8 Å². The number of allylic oxidation sites excluding steroid dienone is 1. The minimum atomic E-state index is -0.152. The molecule has 1 amide bonds. The van der Waals surface area contributed by atoms with Gasteiger partial charge in [-0.25, -0.2) is 0 Å². The Morgan fingerprint density at radius 3 is 2.58 bits per heavy atom. The summed E-state index contributed by atoms with van der Waals surface area (Å²) in [6.45, 7) is -0.0691. The van der Waals surface area contributed by atoms with E-state index in [4.69, 9.17) is 9.47 Å². The van der Waals surface area contributed by atoms with Crippen LogP contribution in [0.2, 0.25) is 0 Å². The van der Waals surface area contributed by atoms with Crippen molar-refractivity contribution < 1.29 is 19.1 Å². The number of likely N-dealkylation sites (N-methyl/N-ethyl adjacent to an activating group) is 1. The van der Waals surface area contributed by atoms with Gasteiger partial charge in [-0.15, -0.1) is 0 Å². The van der Waals surface area contributed by atoms with Crippen LogP contribution in [-0.4, -0.2) is 44.4 Å². The first-order chi connectivity index (χ1) is 12.4. The Morgan fingerprint density at radius 2 is 1.92 bits per heavy atom. The highest BCUT2D eigenvalue weighted by Crippen LogP contribution is 2.26. The van der Waals surface area contributed by atoms with Gasteiger partial charge < -0.3 is 14.4 Å². The van der Waals surface area contributed by atoms with Crippen molar-refractivity contribution in [2.45, 2.75) is 0 Å². The molecule has 0 saturated heterocycles. The fourth-order valence-corrected chi connectivity index (χ4v) is 2.63. The molecule has 0 aromatic heterocycles. The van der Waals surface area contributed by atoms with E-state index in [-0.39, 0.29) is 18.3 Å². The standard InChI is InChI=1S/C20H20BrNO4/c1-22(2)20(24)13-26-16-6-4-5-15(12-16)18(23)9-7-14-8-10-19(25-3)17(21)11-14/h4-12H,13H2,1-3H3/b9-7+. The second kappa shape index (κ2) is 9.20. The van der Waals surface area contributed by atoms with Gasteiger partial charge in [-0.1, -0.05) is 24.3 Å². The van der Waals surface area contributed by atoms with Crippen LogP contribution in [0, 0.1) is 0 Å². The van der Waals surface area contributed by atoms with E-state index in [0.29, 0.717) is 11.3 Å². The lowest BCUT2D eigenvalue weighted by atomic mass is 10.1. The number of rotatable bonds is 7. The van der Waals surface area contributed by atoms with Crippen molar-refractivity contribution in [2.24, 2.45) is 0 Å². The van der Waals surface area contributed by atoms with Crippen LogP contribution in [0.15, 0.2) is 53.0 Å². The molecule has 0 fully saturated rings. The Hall–Kier alpha value is -2.60. The molecule has 2 aromatic carbocycles. The van der Waals surface area contributed by atoms with Crippen LogP contribution in [0.4, 0.5) is 0 Å². The first-order valence-electron chi connectivity index (χ1n) is 7.89. The van der Waals surface area contributed by atoms with Crippen LogP contribution >= 0.6 is 15.9 Å². The quantitative estimate of drug-likeness (QED) is 0.507. The third kappa shape index (κ3) is 5.46. The van der Waals surface area contributed by atoms with Crippen molar-refractivity contribution in [3.63, 3.8) is 0 Å². The van der Waals surface area contributed by atoms with E-state index in [1.54, 1.807) is 51.5 Å². The van der Waals surface area contributed by atoms with Gasteiger partial charge in [0.15, 0.2) is 12.4 Å². The number of methoxy groups -OCH3 is 1. The highest BCUT2D eigenvalue weighted by Gasteiger charge is 2.07. The number of hydrogen-bond acceptors (Lipinski definition) is 4. The maximum Gasteiger partial charge on any atom is 0.259 e. The van der Waals surface area contributed by atoms with E-state index in [0.717, 1.165) is 15.8 Å². The second-order valence-corrected chi connectivity index (χ2v) is 6.55. The summed E-state index contributed by atoms with van der Waals surface area (Å²) in [6.07, 6.45) is 3.23. The Kier molecular flexibility index (Phi) is 6.97. The van der Waals surface area contributed by atoms with E-state index in [1.165, 1.54) is 11.0 Å². The summed E-state index contributed by atoms with van der Waals surface area (Å²) in [5, 5.41) is 0. The third-order valence-electron chi connectivity index (χ3n) is 3.58. The predicted molar refractivity (Wildman–Crippen MR) is 105 cm³/mol. The Bertz CT molecular complexity index is 830. The number of halogens is 1. The first-order valence-corrected chi connectivity index (χ1v) is 8.69. The zero-order chi connectivity index (χ0) is 19.1. The molecular formula is C20H20BrNO4. The predicted octanol–water partition coefficient (Wildman–Crippen LogP) is 3.82. The summed E-state index contributed by atoms with van der Waals surface area (Å²) < 4.78 is 11.4. The Balaban J connectivity index is 2.06. The fraction of sp³-hybridized carbons (Fsp3) is 0.200. The highest BCUT2D eigenvalue weighted by atomic mass is 79.9. The molecule has 0 saturated carbocycles. The Labute approximate surface area is 161 Å². The monoisotopic (exact) mass is 417 g/mol. The number of hydrogen-bond donors (Lipinski definition) is 0. The normalized spacial score (nSPS) is 10.6. The minimum Gasteiger partial charge on any atom is -0.496 e. The van der Waals surface area contributed by atoms with Crippen LogP contribution in [-0.2, 0) is 4.79 Å². The lowest BCUT2D eigenvalue weighted by molar-refractivity contribution is -0.130. The van der Waals surface area contributed by atoms with E-state index >= 15 is 0 Å². The minimum absolute atomic E-state index is 0.0691. The first kappa shape index (κ1) is 19.7. The number of carbonyl (C=O) groups is 2. The van der Waals surface area contributed by atoms with E-state index in [1.807, 2.05) is 18.2 Å². The van der Waals surface area contributed by atoms with E-state index in [2.05, 4.69) is 15.9 Å². The molecule has 136 valence electrons. The van der Waals surface area contributed by atoms with Crippen molar-refractivity contribution in [3.8, 4) is 11.5 Å². The zero-order valence-electron chi connectivity index (χ0n) is 14.9. The van der Waals surface area contributed by atoms with Crippen LogP contribution in [0.25, 0.3) is 6.08 Å². The van der Waals surface area contributed by atoms with Crippen LogP contribution in [0.5, 0.6) is 11.5 Å². The summed E-state index contributed by atoms with van der Waals surface area (Å²) in [6, 6.07) is 12.3. The van der Waals surface area contributed by atoms with E-state index in [9.17, 15) is 9.59 Å². The molecule has 5 nitrogen and oxygen atoms in total. The largest absolute Gasteiger partial charge is 0.496 e. The van der Waals surface area contributed by atoms with Gasteiger partial charge in [0.05, 0.1) is 11.6 Å². The molecule has 0 unspecified atom stereocenters. The molecule has 0 radical (unpaired) electrons. The van der Waals surface area contributed by atoms with Crippen molar-refractivity contribution in [1.29, 1.82) is 0 Å². The van der Waals surface area contributed by atoms with Crippen molar-refractivity contribution in [1.82, 2.24) is 4.90 Å². The zero-order valence-corrected chi connectivity index (χ0v) is 16.4. The average Bonchev–Trinajstić information content (AvgIpc) is 2.64. The molecule has 6 heteroatoms. The average molecular weight is 418 g/mol. The molecule has 2 aromatic rings. The van der Waals surface area contributed by atoms with Gasteiger partial charge in [-0.3, -0.25) is 9.59 Å². The lowest BCUT2D eigenvalue weighted by Gasteiger charge is -2.11. The lowest BCUT2D eigenvalue weighted by Crippen LogP contribution is -2.27. The summed E-state index contributed by atoms with van der Waals surface area (Å²) in [7, 11) is 4.92. The fourth-order valence-electron chi connectivity index (χ4n) is 2.07. The maximum absolute atomic E-state index is 12.4. The van der Waals surface area contributed by atoms with Gasteiger partial charge in [0.25, 0.3) is 5.91 Å². The highest BCUT2D eigenvalue weighted by molar-refractivity contribution is 9.10. The summed E-state index contributed by atoms with van der Waals surface area (Å²) in [4.78, 5) is 25.4. The maximum atomic E-state index is 12.4. The van der Waals surface area contributed by atoms with Gasteiger partial charge in [-0.05, 0) is 51.8 Å². The van der Waals surface area contributed by atoms with Crippen molar-refractivity contribution in [3.05, 3.63) is 64.1 Å². The number of carbonyl (C=O) groups excluding carboxylic acids is 2. The second-order valence-electron chi connectivity index (χ2n) is 5.70. The molecule has 0 spiro atoms. The van der Waals surface area contributed by atoms with Crippen LogP contribution in [0.1, 0.15) is 15.9 Å². The van der Waals surface area contributed by atoms with Gasteiger partial charge in [0.1, 0.15) is 11.5 Å². The number of amides is 1. The smallest absolute Gasteiger partial charge is 0.259 e. The van der Waals surface area contributed by atoms with Gasteiger partial charge in [0, 0.05) is 19.7 Å². The van der Waals surface area contributed by atoms with Crippen molar-refractivity contribution >= 4 is 33.7 Å². The molecule has 0 bridgehead atoms. The molecule has 0 atom stereocenters. The molecule has 0 aliphatic heterocycles. The topological polar surface area (TPSA) is 55.8 Å². The third-order valence-corrected chi connectivity index (χ3v) is 4.20. The van der Waals surface area contributed by atoms with Gasteiger partial charge >= 0.3 is 0 Å². The SMILES string of the molecule is COc1ccc(/C=C/C(=O)c2cccc(OCC(=O)N(C)C)c2)cc1Br. The number of benzene rings is 2. The van der Waals surface area contributed by atoms with Gasteiger partial charge in [-0.2, -0.15) is 0 Å². The molecule has 26 heavy (non-hydrogen) atoms. The number of nitrogens with zero attached hydrogens (tertiary/aromatic N) is 1. The molecule has 0 heterocycles. The molecule has 0 N–H and O–H groups in total. The molecule has 0 aliphatic carbocycles. The Morgan fingerprint density at radius 1 is 1.15 bits per heavy atom. The molecule has 0 aliphatic rings. The van der Waals surface area contributed by atoms with Crippen LogP contribution < -0.4 is 9.47 Å². The summed E-state index contributed by atoms with van der Waals surface area (Å²) in [5.74, 6) is 0.908. The van der Waals surface area contributed by atoms with Crippen LogP contribution in [0.3, 0.4) is 0 Å².